The summed E-state index contributed by atoms with van der Waals surface area (Å²) in [5, 5.41) is 6.20. The minimum absolute atomic E-state index is 0.211. The van der Waals surface area contributed by atoms with Gasteiger partial charge in [0, 0.05) is 23.7 Å². The van der Waals surface area contributed by atoms with Crippen molar-refractivity contribution >= 4 is 28.4 Å². The van der Waals surface area contributed by atoms with Crippen molar-refractivity contribution < 1.29 is 14.3 Å². The molecule has 0 radical (unpaired) electrons. The molecular formula is C20H19N3O3. The number of nitrogens with zero attached hydrogens (tertiary/aromatic N) is 1. The number of ether oxygens (including phenoxy) is 1. The van der Waals surface area contributed by atoms with E-state index in [9.17, 15) is 9.59 Å². The Balaban J connectivity index is 1.92. The topological polar surface area (TPSA) is 80.3 Å². The number of aryl methyl sites for hydroxylation is 1. The van der Waals surface area contributed by atoms with E-state index in [1.54, 1.807) is 51.4 Å². The first kappa shape index (κ1) is 17.4. The Bertz CT molecular complexity index is 999. The minimum Gasteiger partial charge on any atom is -0.497 e. The summed E-state index contributed by atoms with van der Waals surface area (Å²) in [6.45, 7) is 1.79. The number of amides is 2. The molecule has 0 spiro atoms. The summed E-state index contributed by atoms with van der Waals surface area (Å²) in [5.74, 6) is 0.207. The Morgan fingerprint density at radius 1 is 1.04 bits per heavy atom. The average molecular weight is 349 g/mol. The van der Waals surface area contributed by atoms with E-state index in [-0.39, 0.29) is 11.8 Å². The highest BCUT2D eigenvalue weighted by molar-refractivity contribution is 6.07. The molecule has 0 aliphatic carbocycles. The van der Waals surface area contributed by atoms with Gasteiger partial charge in [-0.05, 0) is 49.4 Å². The molecule has 0 aliphatic rings. The molecule has 1 aromatic heterocycles. The third kappa shape index (κ3) is 3.49. The lowest BCUT2D eigenvalue weighted by Crippen LogP contribution is -2.18. The second-order valence-corrected chi connectivity index (χ2v) is 5.79. The van der Waals surface area contributed by atoms with Crippen LogP contribution in [0.25, 0.3) is 10.9 Å². The number of fused-ring (bicyclic) bond motifs is 1. The molecule has 2 amide bonds. The lowest BCUT2D eigenvalue weighted by atomic mass is 10.1. The number of rotatable bonds is 4. The highest BCUT2D eigenvalue weighted by Gasteiger charge is 2.13. The molecule has 6 nitrogen and oxygen atoms in total. The van der Waals surface area contributed by atoms with Crippen molar-refractivity contribution in [2.24, 2.45) is 0 Å². The van der Waals surface area contributed by atoms with Crippen LogP contribution in [0.4, 0.5) is 5.69 Å². The van der Waals surface area contributed by atoms with Crippen molar-refractivity contribution in [3.8, 4) is 5.75 Å². The normalized spacial score (nSPS) is 10.4. The van der Waals surface area contributed by atoms with Gasteiger partial charge in [0.05, 0.1) is 23.9 Å². The highest BCUT2D eigenvalue weighted by Crippen LogP contribution is 2.22. The molecular weight excluding hydrogens is 330 g/mol. The van der Waals surface area contributed by atoms with Crippen LogP contribution in [0.2, 0.25) is 0 Å². The van der Waals surface area contributed by atoms with Crippen molar-refractivity contribution in [3.63, 3.8) is 0 Å². The average Bonchev–Trinajstić information content (AvgIpc) is 2.66. The van der Waals surface area contributed by atoms with E-state index in [0.29, 0.717) is 28.3 Å². The zero-order valence-electron chi connectivity index (χ0n) is 14.8. The summed E-state index contributed by atoms with van der Waals surface area (Å²) < 4.78 is 5.23. The zero-order valence-corrected chi connectivity index (χ0v) is 14.8. The van der Waals surface area contributed by atoms with Crippen LogP contribution in [0.1, 0.15) is 26.4 Å². The summed E-state index contributed by atoms with van der Waals surface area (Å²) in [7, 11) is 3.15. The fourth-order valence-electron chi connectivity index (χ4n) is 2.69. The molecule has 3 aromatic rings. The largest absolute Gasteiger partial charge is 0.497 e. The molecule has 0 bridgehead atoms. The van der Waals surface area contributed by atoms with Crippen molar-refractivity contribution in [3.05, 3.63) is 65.4 Å². The van der Waals surface area contributed by atoms with Gasteiger partial charge >= 0.3 is 0 Å². The number of hydrogen-bond acceptors (Lipinski definition) is 4. The van der Waals surface area contributed by atoms with Gasteiger partial charge < -0.3 is 15.4 Å². The van der Waals surface area contributed by atoms with Crippen molar-refractivity contribution in [1.82, 2.24) is 10.3 Å². The first-order valence-corrected chi connectivity index (χ1v) is 8.10. The third-order valence-electron chi connectivity index (χ3n) is 4.07. The molecule has 3 rings (SSSR count). The summed E-state index contributed by atoms with van der Waals surface area (Å²) >= 11 is 0. The van der Waals surface area contributed by atoms with Gasteiger partial charge in [0.1, 0.15) is 5.75 Å². The Morgan fingerprint density at radius 3 is 2.58 bits per heavy atom. The first-order valence-electron chi connectivity index (χ1n) is 8.10. The lowest BCUT2D eigenvalue weighted by molar-refractivity contribution is 0.0961. The van der Waals surface area contributed by atoms with E-state index in [0.717, 1.165) is 10.9 Å². The molecule has 132 valence electrons. The summed E-state index contributed by atoms with van der Waals surface area (Å²) in [6, 6.07) is 14.1. The number of carbonyl (C=O) groups is 2. The minimum atomic E-state index is -0.284. The van der Waals surface area contributed by atoms with Crippen LogP contribution in [0.3, 0.4) is 0 Å². The van der Waals surface area contributed by atoms with Gasteiger partial charge in [0.25, 0.3) is 11.8 Å². The van der Waals surface area contributed by atoms with Crippen LogP contribution in [0.15, 0.2) is 48.5 Å². The van der Waals surface area contributed by atoms with Gasteiger partial charge in [-0.15, -0.1) is 0 Å². The molecule has 2 N–H and O–H groups in total. The van der Waals surface area contributed by atoms with Crippen LogP contribution >= 0.6 is 0 Å². The number of anilines is 1. The first-order chi connectivity index (χ1) is 12.5. The Kier molecular flexibility index (Phi) is 4.84. The number of hydrogen-bond donors (Lipinski definition) is 2. The maximum atomic E-state index is 12.7. The van der Waals surface area contributed by atoms with Crippen LogP contribution in [0.5, 0.6) is 5.75 Å². The van der Waals surface area contributed by atoms with Gasteiger partial charge in [-0.25, -0.2) is 0 Å². The molecule has 2 aromatic carbocycles. The van der Waals surface area contributed by atoms with Gasteiger partial charge in [0.15, 0.2) is 0 Å². The molecule has 26 heavy (non-hydrogen) atoms. The Hall–Kier alpha value is -3.41. The SMILES string of the molecule is CNC(=O)c1cccc(NC(=O)c2cc3cc(OC)ccc3nc2C)c1. The summed E-state index contributed by atoms with van der Waals surface area (Å²) in [4.78, 5) is 28.9. The molecule has 0 atom stereocenters. The van der Waals surface area contributed by atoms with Gasteiger partial charge in [-0.1, -0.05) is 6.07 Å². The van der Waals surface area contributed by atoms with Crippen molar-refractivity contribution in [2.45, 2.75) is 6.92 Å². The smallest absolute Gasteiger partial charge is 0.257 e. The Labute approximate surface area is 151 Å². The zero-order chi connectivity index (χ0) is 18.7. The van der Waals surface area contributed by atoms with E-state index >= 15 is 0 Å². The van der Waals surface area contributed by atoms with E-state index in [1.807, 2.05) is 18.2 Å². The molecule has 0 saturated heterocycles. The van der Waals surface area contributed by atoms with Gasteiger partial charge in [-0.3, -0.25) is 14.6 Å². The van der Waals surface area contributed by atoms with E-state index in [2.05, 4.69) is 15.6 Å². The van der Waals surface area contributed by atoms with Crippen molar-refractivity contribution in [2.75, 3.05) is 19.5 Å². The molecule has 6 heteroatoms. The fourth-order valence-corrected chi connectivity index (χ4v) is 2.69. The molecule has 0 unspecified atom stereocenters. The second kappa shape index (κ2) is 7.23. The third-order valence-corrected chi connectivity index (χ3v) is 4.07. The fraction of sp³-hybridized carbons (Fsp3) is 0.150. The maximum absolute atomic E-state index is 12.7. The van der Waals surface area contributed by atoms with E-state index in [4.69, 9.17) is 4.74 Å². The number of pyridine rings is 1. The predicted molar refractivity (Wildman–Crippen MR) is 101 cm³/mol. The van der Waals surface area contributed by atoms with E-state index in [1.165, 1.54) is 0 Å². The number of carbonyl (C=O) groups excluding carboxylic acids is 2. The summed E-state index contributed by atoms with van der Waals surface area (Å²) in [5.41, 5.74) is 2.91. The second-order valence-electron chi connectivity index (χ2n) is 5.79. The van der Waals surface area contributed by atoms with Crippen LogP contribution in [-0.2, 0) is 0 Å². The number of nitrogens with one attached hydrogen (secondary N) is 2. The van der Waals surface area contributed by atoms with Crippen molar-refractivity contribution in [1.29, 1.82) is 0 Å². The van der Waals surface area contributed by atoms with Crippen LogP contribution in [0, 0.1) is 6.92 Å². The van der Waals surface area contributed by atoms with Crippen LogP contribution in [-0.4, -0.2) is 31.0 Å². The molecule has 0 saturated carbocycles. The number of methoxy groups -OCH3 is 1. The predicted octanol–water partition coefficient (Wildman–Crippen LogP) is 3.16. The maximum Gasteiger partial charge on any atom is 0.257 e. The molecule has 0 fully saturated rings. The Morgan fingerprint density at radius 2 is 1.85 bits per heavy atom. The number of aromatic nitrogens is 1. The van der Waals surface area contributed by atoms with Crippen LogP contribution < -0.4 is 15.4 Å². The lowest BCUT2D eigenvalue weighted by Gasteiger charge is -2.10. The quantitative estimate of drug-likeness (QED) is 0.758. The van der Waals surface area contributed by atoms with Gasteiger partial charge in [-0.2, -0.15) is 0 Å². The van der Waals surface area contributed by atoms with Gasteiger partial charge in [0.2, 0.25) is 0 Å². The summed E-state index contributed by atoms with van der Waals surface area (Å²) in [6.07, 6.45) is 0. The number of benzene rings is 2. The monoisotopic (exact) mass is 349 g/mol. The molecule has 1 heterocycles. The standard InChI is InChI=1S/C20H19N3O3/c1-12-17(11-14-10-16(26-3)7-8-18(14)22-12)20(25)23-15-6-4-5-13(9-15)19(24)21-2/h4-11H,1-3H3,(H,21,24)(H,23,25). The van der Waals surface area contributed by atoms with E-state index < -0.39 is 0 Å². The molecule has 0 aliphatic heterocycles. The highest BCUT2D eigenvalue weighted by atomic mass is 16.5.